The average Bonchev–Trinajstić information content (AvgIpc) is 2.51. The van der Waals surface area contributed by atoms with Crippen LogP contribution in [0, 0.1) is 0 Å². The monoisotopic (exact) mass is 337 g/mol. The molecule has 2 N–H and O–H groups in total. The molecule has 1 rings (SSSR count). The molecule has 0 unspecified atom stereocenters. The molecule has 0 aliphatic rings. The summed E-state index contributed by atoms with van der Waals surface area (Å²) in [5, 5.41) is 5.61. The second-order valence-electron chi connectivity index (χ2n) is 5.86. The quantitative estimate of drug-likeness (QED) is 0.696. The number of methoxy groups -OCH3 is 2. The lowest BCUT2D eigenvalue weighted by Gasteiger charge is -2.17. The molecule has 0 spiro atoms. The largest absolute Gasteiger partial charge is 0.493 e. The molecule has 0 saturated heterocycles. The van der Waals surface area contributed by atoms with Crippen molar-refractivity contribution in [1.82, 2.24) is 15.5 Å². The molecular formula is C17H27N3O4. The molecule has 134 valence electrons. The van der Waals surface area contributed by atoms with Gasteiger partial charge in [-0.25, -0.2) is 0 Å². The van der Waals surface area contributed by atoms with Crippen molar-refractivity contribution in [1.29, 1.82) is 0 Å². The normalized spacial score (nSPS) is 10.6. The van der Waals surface area contributed by atoms with Gasteiger partial charge in [-0.05, 0) is 38.6 Å². The van der Waals surface area contributed by atoms with E-state index in [1.165, 1.54) is 0 Å². The molecule has 0 atom stereocenters. The van der Waals surface area contributed by atoms with Crippen LogP contribution in [0.15, 0.2) is 18.2 Å². The molecule has 0 radical (unpaired) electrons. The first-order chi connectivity index (χ1) is 11.3. The summed E-state index contributed by atoms with van der Waals surface area (Å²) in [6, 6.07) is 5.56. The minimum absolute atomic E-state index is 0.0878. The molecule has 0 aliphatic carbocycles. The number of hydrogen-bond acceptors (Lipinski definition) is 5. The lowest BCUT2D eigenvalue weighted by Crippen LogP contribution is -2.42. The van der Waals surface area contributed by atoms with Gasteiger partial charge in [0.05, 0.1) is 27.3 Å². The molecule has 24 heavy (non-hydrogen) atoms. The molecule has 0 bridgehead atoms. The first-order valence-electron chi connectivity index (χ1n) is 7.81. The van der Waals surface area contributed by atoms with Crippen LogP contribution < -0.4 is 20.1 Å². The van der Waals surface area contributed by atoms with Gasteiger partial charge in [0.1, 0.15) is 0 Å². The summed E-state index contributed by atoms with van der Waals surface area (Å²) in [6.07, 6.45) is 0. The molecule has 0 heterocycles. The van der Waals surface area contributed by atoms with Crippen LogP contribution in [-0.4, -0.2) is 57.1 Å². The second-order valence-corrected chi connectivity index (χ2v) is 5.86. The number of amides is 2. The van der Waals surface area contributed by atoms with E-state index < -0.39 is 0 Å². The number of nitrogens with one attached hydrogen (secondary N) is 2. The maximum absolute atomic E-state index is 12.0. The topological polar surface area (TPSA) is 79.9 Å². The zero-order valence-electron chi connectivity index (χ0n) is 15.0. The van der Waals surface area contributed by atoms with Crippen molar-refractivity contribution in [2.45, 2.75) is 26.4 Å². The van der Waals surface area contributed by atoms with E-state index >= 15 is 0 Å². The third-order valence-electron chi connectivity index (χ3n) is 3.21. The third-order valence-corrected chi connectivity index (χ3v) is 3.21. The second kappa shape index (κ2) is 9.77. The predicted molar refractivity (Wildman–Crippen MR) is 92.2 cm³/mol. The number of benzene rings is 1. The van der Waals surface area contributed by atoms with Gasteiger partial charge in [-0.3, -0.25) is 14.5 Å². The van der Waals surface area contributed by atoms with Crippen molar-refractivity contribution in [2.75, 3.05) is 34.4 Å². The van der Waals surface area contributed by atoms with Gasteiger partial charge in [-0.1, -0.05) is 6.07 Å². The molecule has 0 saturated carbocycles. The number of carbonyl (C=O) groups is 2. The molecule has 0 aromatic heterocycles. The summed E-state index contributed by atoms with van der Waals surface area (Å²) >= 11 is 0. The van der Waals surface area contributed by atoms with Gasteiger partial charge in [-0.15, -0.1) is 0 Å². The van der Waals surface area contributed by atoms with Crippen LogP contribution in [0.4, 0.5) is 0 Å². The number of nitrogens with zero attached hydrogens (tertiary/aromatic N) is 1. The van der Waals surface area contributed by atoms with E-state index in [-0.39, 0.29) is 30.9 Å². The van der Waals surface area contributed by atoms with E-state index in [2.05, 4.69) is 10.6 Å². The Morgan fingerprint density at radius 2 is 1.71 bits per heavy atom. The fourth-order valence-corrected chi connectivity index (χ4v) is 2.16. The highest BCUT2D eigenvalue weighted by atomic mass is 16.5. The summed E-state index contributed by atoms with van der Waals surface area (Å²) in [5.41, 5.74) is 0.904. The van der Waals surface area contributed by atoms with E-state index in [1.807, 2.05) is 26.0 Å². The zero-order valence-corrected chi connectivity index (χ0v) is 15.0. The fourth-order valence-electron chi connectivity index (χ4n) is 2.16. The molecule has 7 nitrogen and oxygen atoms in total. The highest BCUT2D eigenvalue weighted by Crippen LogP contribution is 2.27. The number of ether oxygens (including phenoxy) is 2. The van der Waals surface area contributed by atoms with Crippen molar-refractivity contribution in [3.63, 3.8) is 0 Å². The molecule has 2 amide bonds. The molecule has 7 heteroatoms. The standard InChI is InChI=1S/C17H27N3O4/c1-12(2)19-17(22)11-20(3)10-16(21)18-9-13-6-7-14(23-4)15(8-13)24-5/h6-8,12H,9-11H2,1-5H3,(H,18,21)(H,19,22). The van der Waals surface area contributed by atoms with E-state index in [0.29, 0.717) is 18.0 Å². The molecule has 0 fully saturated rings. The molecular weight excluding hydrogens is 310 g/mol. The summed E-state index contributed by atoms with van der Waals surface area (Å²) in [4.78, 5) is 25.3. The highest BCUT2D eigenvalue weighted by molar-refractivity contribution is 5.81. The Morgan fingerprint density at radius 3 is 2.29 bits per heavy atom. The Kier molecular flexibility index (Phi) is 8.05. The van der Waals surface area contributed by atoms with E-state index in [4.69, 9.17) is 9.47 Å². The number of carbonyl (C=O) groups excluding carboxylic acids is 2. The minimum atomic E-state index is -0.148. The van der Waals surface area contributed by atoms with Crippen LogP contribution in [0.5, 0.6) is 11.5 Å². The van der Waals surface area contributed by atoms with Crippen LogP contribution >= 0.6 is 0 Å². The van der Waals surface area contributed by atoms with E-state index in [0.717, 1.165) is 5.56 Å². The van der Waals surface area contributed by atoms with Crippen LogP contribution in [0.25, 0.3) is 0 Å². The zero-order chi connectivity index (χ0) is 18.1. The minimum Gasteiger partial charge on any atom is -0.493 e. The van der Waals surface area contributed by atoms with Crippen molar-refractivity contribution < 1.29 is 19.1 Å². The van der Waals surface area contributed by atoms with Crippen LogP contribution in [-0.2, 0) is 16.1 Å². The Balaban J connectivity index is 2.44. The van der Waals surface area contributed by atoms with Crippen molar-refractivity contribution in [2.24, 2.45) is 0 Å². The Bertz CT molecular complexity index is 561. The summed E-state index contributed by atoms with van der Waals surface area (Å²) < 4.78 is 10.4. The summed E-state index contributed by atoms with van der Waals surface area (Å²) in [5.74, 6) is 1.01. The number of rotatable bonds is 9. The van der Waals surface area contributed by atoms with Crippen molar-refractivity contribution in [3.05, 3.63) is 23.8 Å². The fraction of sp³-hybridized carbons (Fsp3) is 0.529. The Labute approximate surface area is 143 Å². The van der Waals surface area contributed by atoms with Gasteiger partial charge >= 0.3 is 0 Å². The first kappa shape index (κ1) is 19.8. The number of likely N-dealkylation sites (N-methyl/N-ethyl adjacent to an activating group) is 1. The van der Waals surface area contributed by atoms with Crippen molar-refractivity contribution >= 4 is 11.8 Å². The Hall–Kier alpha value is -2.28. The van der Waals surface area contributed by atoms with Gasteiger partial charge in [0.2, 0.25) is 11.8 Å². The molecule has 1 aromatic rings. The smallest absolute Gasteiger partial charge is 0.234 e. The lowest BCUT2D eigenvalue weighted by molar-refractivity contribution is -0.124. The van der Waals surface area contributed by atoms with Crippen LogP contribution in [0.3, 0.4) is 0 Å². The van der Waals surface area contributed by atoms with Gasteiger partial charge in [0.15, 0.2) is 11.5 Å². The van der Waals surface area contributed by atoms with E-state index in [9.17, 15) is 9.59 Å². The average molecular weight is 337 g/mol. The van der Waals surface area contributed by atoms with E-state index in [1.54, 1.807) is 32.2 Å². The first-order valence-corrected chi connectivity index (χ1v) is 7.81. The van der Waals surface area contributed by atoms with Crippen molar-refractivity contribution in [3.8, 4) is 11.5 Å². The Morgan fingerprint density at radius 1 is 1.08 bits per heavy atom. The maximum Gasteiger partial charge on any atom is 0.234 e. The predicted octanol–water partition coefficient (Wildman–Crippen LogP) is 0.776. The van der Waals surface area contributed by atoms with Gasteiger partial charge in [0.25, 0.3) is 0 Å². The van der Waals surface area contributed by atoms with Gasteiger partial charge in [0, 0.05) is 12.6 Å². The third kappa shape index (κ3) is 6.87. The number of hydrogen-bond donors (Lipinski definition) is 2. The van der Waals surface area contributed by atoms with Crippen LogP contribution in [0.1, 0.15) is 19.4 Å². The molecule has 1 aromatic carbocycles. The SMILES string of the molecule is COc1ccc(CNC(=O)CN(C)CC(=O)NC(C)C)cc1OC. The van der Waals surface area contributed by atoms with Gasteiger partial charge in [-0.2, -0.15) is 0 Å². The summed E-state index contributed by atoms with van der Waals surface area (Å²) in [7, 11) is 4.87. The molecule has 0 aliphatic heterocycles. The van der Waals surface area contributed by atoms with Gasteiger partial charge < -0.3 is 20.1 Å². The maximum atomic E-state index is 12.0. The highest BCUT2D eigenvalue weighted by Gasteiger charge is 2.11. The lowest BCUT2D eigenvalue weighted by atomic mass is 10.2. The summed E-state index contributed by atoms with van der Waals surface area (Å²) in [6.45, 7) is 4.51. The van der Waals surface area contributed by atoms with Crippen LogP contribution in [0.2, 0.25) is 0 Å².